The zero-order valence-corrected chi connectivity index (χ0v) is 10.5. The number of hydrogen-bond donors (Lipinski definition) is 0. The highest BCUT2D eigenvalue weighted by Crippen LogP contribution is 2.35. The first-order valence-electron chi connectivity index (χ1n) is 6.45. The molecule has 0 amide bonds. The van der Waals surface area contributed by atoms with Gasteiger partial charge in [-0.15, -0.1) is 0 Å². The molecule has 19 heavy (non-hydrogen) atoms. The highest BCUT2D eigenvalue weighted by molar-refractivity contribution is 6.02. The topological polar surface area (TPSA) is 36.1 Å². The summed E-state index contributed by atoms with van der Waals surface area (Å²) >= 11 is 0. The zero-order chi connectivity index (χ0) is 13.1. The maximum atomic E-state index is 9.34. The van der Waals surface area contributed by atoms with Gasteiger partial charge in [0.1, 0.15) is 0 Å². The molecule has 3 rings (SSSR count). The van der Waals surface area contributed by atoms with Crippen molar-refractivity contribution in [3.63, 3.8) is 0 Å². The number of rotatable bonds is 2. The molecule has 1 heterocycles. The van der Waals surface area contributed by atoms with Gasteiger partial charge in [-0.1, -0.05) is 60.7 Å². The van der Waals surface area contributed by atoms with Crippen LogP contribution in [-0.4, -0.2) is 5.71 Å². The lowest BCUT2D eigenvalue weighted by Gasteiger charge is -2.10. The Morgan fingerprint density at radius 1 is 0.947 bits per heavy atom. The van der Waals surface area contributed by atoms with Crippen molar-refractivity contribution in [1.82, 2.24) is 0 Å². The Morgan fingerprint density at radius 2 is 1.58 bits per heavy atom. The van der Waals surface area contributed by atoms with Crippen LogP contribution in [0.3, 0.4) is 0 Å². The van der Waals surface area contributed by atoms with E-state index in [4.69, 9.17) is 4.99 Å². The van der Waals surface area contributed by atoms with Crippen LogP contribution in [0.2, 0.25) is 0 Å². The summed E-state index contributed by atoms with van der Waals surface area (Å²) in [7, 11) is 0. The minimum absolute atomic E-state index is 0.0265. The minimum Gasteiger partial charge on any atom is -0.280 e. The molecule has 0 saturated carbocycles. The molecule has 2 aromatic carbocycles. The lowest BCUT2D eigenvalue weighted by molar-refractivity contribution is 0.594. The van der Waals surface area contributed by atoms with Gasteiger partial charge in [-0.05, 0) is 11.1 Å². The fourth-order valence-corrected chi connectivity index (χ4v) is 2.53. The van der Waals surface area contributed by atoms with Gasteiger partial charge in [-0.2, -0.15) is 5.26 Å². The van der Waals surface area contributed by atoms with Gasteiger partial charge < -0.3 is 0 Å². The Labute approximate surface area is 113 Å². The Morgan fingerprint density at radius 3 is 2.21 bits per heavy atom. The molecule has 2 aromatic rings. The highest BCUT2D eigenvalue weighted by atomic mass is 14.9. The standard InChI is InChI=1S/C17H14N2/c18-12-15-11-16(13-7-3-1-4-8-13)19-17(15)14-9-5-2-6-10-14/h1-10,15,17H,11H2/t15-,17+/m0/s1. The number of hydrogen-bond acceptors (Lipinski definition) is 2. The van der Waals surface area contributed by atoms with Crippen LogP contribution in [-0.2, 0) is 0 Å². The van der Waals surface area contributed by atoms with Crippen molar-refractivity contribution in [1.29, 1.82) is 5.26 Å². The summed E-state index contributed by atoms with van der Waals surface area (Å²) < 4.78 is 0. The summed E-state index contributed by atoms with van der Waals surface area (Å²) in [6.45, 7) is 0. The fraction of sp³-hybridized carbons (Fsp3) is 0.176. The van der Waals surface area contributed by atoms with E-state index in [0.717, 1.165) is 23.3 Å². The van der Waals surface area contributed by atoms with Crippen LogP contribution in [0, 0.1) is 17.2 Å². The fourth-order valence-electron chi connectivity index (χ4n) is 2.53. The Bertz CT molecular complexity index is 623. The third-order valence-corrected chi connectivity index (χ3v) is 3.50. The molecule has 2 heteroatoms. The molecule has 92 valence electrons. The van der Waals surface area contributed by atoms with E-state index < -0.39 is 0 Å². The van der Waals surface area contributed by atoms with Crippen LogP contribution in [0.4, 0.5) is 0 Å². The molecular weight excluding hydrogens is 232 g/mol. The molecule has 0 aromatic heterocycles. The lowest BCUT2D eigenvalue weighted by Crippen LogP contribution is -2.04. The second-order valence-electron chi connectivity index (χ2n) is 4.74. The molecule has 0 radical (unpaired) electrons. The van der Waals surface area contributed by atoms with Crippen molar-refractivity contribution < 1.29 is 0 Å². The highest BCUT2D eigenvalue weighted by Gasteiger charge is 2.30. The van der Waals surface area contributed by atoms with Crippen LogP contribution >= 0.6 is 0 Å². The molecule has 2 atom stereocenters. The average Bonchev–Trinajstić information content (AvgIpc) is 2.93. The molecule has 2 nitrogen and oxygen atoms in total. The molecular formula is C17H14N2. The van der Waals surface area contributed by atoms with E-state index in [2.05, 4.69) is 18.2 Å². The SMILES string of the molecule is N#C[C@@H]1CC(c2ccccc2)=N[C@@H]1c1ccccc1. The Balaban J connectivity index is 1.96. The van der Waals surface area contributed by atoms with E-state index in [1.165, 1.54) is 0 Å². The molecule has 0 bridgehead atoms. The Kier molecular flexibility index (Phi) is 3.12. The first-order chi connectivity index (χ1) is 9.38. The van der Waals surface area contributed by atoms with E-state index in [-0.39, 0.29) is 12.0 Å². The number of nitrogens with zero attached hydrogens (tertiary/aromatic N) is 2. The zero-order valence-electron chi connectivity index (χ0n) is 10.5. The summed E-state index contributed by atoms with van der Waals surface area (Å²) in [5.41, 5.74) is 3.29. The van der Waals surface area contributed by atoms with Gasteiger partial charge in [0.2, 0.25) is 0 Å². The van der Waals surface area contributed by atoms with Gasteiger partial charge in [0.05, 0.1) is 18.0 Å². The summed E-state index contributed by atoms with van der Waals surface area (Å²) in [4.78, 5) is 4.77. The summed E-state index contributed by atoms with van der Waals surface area (Å²) in [5.74, 6) is -0.0578. The summed E-state index contributed by atoms with van der Waals surface area (Å²) in [6.07, 6.45) is 0.736. The molecule has 0 saturated heterocycles. The molecule has 0 N–H and O–H groups in total. The van der Waals surface area contributed by atoms with E-state index >= 15 is 0 Å². The predicted molar refractivity (Wildman–Crippen MR) is 75.9 cm³/mol. The van der Waals surface area contributed by atoms with E-state index in [1.807, 2.05) is 48.5 Å². The second kappa shape index (κ2) is 5.07. The van der Waals surface area contributed by atoms with E-state index in [0.29, 0.717) is 0 Å². The van der Waals surface area contributed by atoms with E-state index in [9.17, 15) is 5.26 Å². The van der Waals surface area contributed by atoms with Crippen molar-refractivity contribution in [2.24, 2.45) is 10.9 Å². The first kappa shape index (κ1) is 11.7. The summed E-state index contributed by atoms with van der Waals surface area (Å²) in [5, 5.41) is 9.34. The van der Waals surface area contributed by atoms with Crippen LogP contribution < -0.4 is 0 Å². The Hall–Kier alpha value is -2.40. The molecule has 0 aliphatic carbocycles. The smallest absolute Gasteiger partial charge is 0.0914 e. The van der Waals surface area contributed by atoms with Crippen molar-refractivity contribution in [3.8, 4) is 6.07 Å². The third kappa shape index (κ3) is 2.28. The van der Waals surface area contributed by atoms with E-state index in [1.54, 1.807) is 0 Å². The number of aliphatic imine (C=N–C) groups is 1. The predicted octanol–water partition coefficient (Wildman–Crippen LogP) is 3.76. The third-order valence-electron chi connectivity index (χ3n) is 3.50. The normalized spacial score (nSPS) is 21.7. The molecule has 0 unspecified atom stereocenters. The van der Waals surface area contributed by atoms with Gasteiger partial charge in [0.15, 0.2) is 0 Å². The number of benzene rings is 2. The van der Waals surface area contributed by atoms with Crippen LogP contribution in [0.25, 0.3) is 0 Å². The van der Waals surface area contributed by atoms with Crippen LogP contribution in [0.1, 0.15) is 23.6 Å². The summed E-state index contributed by atoms with van der Waals surface area (Å²) in [6, 6.07) is 22.6. The molecule has 1 aliphatic heterocycles. The van der Waals surface area contributed by atoms with Crippen molar-refractivity contribution in [3.05, 3.63) is 71.8 Å². The molecule has 0 fully saturated rings. The van der Waals surface area contributed by atoms with Gasteiger partial charge in [-0.3, -0.25) is 4.99 Å². The monoisotopic (exact) mass is 246 g/mol. The van der Waals surface area contributed by atoms with Gasteiger partial charge in [0.25, 0.3) is 0 Å². The van der Waals surface area contributed by atoms with Crippen molar-refractivity contribution in [2.45, 2.75) is 12.5 Å². The number of nitriles is 1. The van der Waals surface area contributed by atoms with Gasteiger partial charge in [-0.25, -0.2) is 0 Å². The van der Waals surface area contributed by atoms with Crippen LogP contribution in [0.15, 0.2) is 65.7 Å². The molecule has 0 spiro atoms. The van der Waals surface area contributed by atoms with Gasteiger partial charge >= 0.3 is 0 Å². The average molecular weight is 246 g/mol. The van der Waals surface area contributed by atoms with Crippen LogP contribution in [0.5, 0.6) is 0 Å². The van der Waals surface area contributed by atoms with Crippen molar-refractivity contribution in [2.75, 3.05) is 0 Å². The lowest BCUT2D eigenvalue weighted by atomic mass is 9.93. The quantitative estimate of drug-likeness (QED) is 0.794. The first-order valence-corrected chi connectivity index (χ1v) is 6.45. The maximum absolute atomic E-state index is 9.34. The second-order valence-corrected chi connectivity index (χ2v) is 4.74. The minimum atomic E-state index is -0.0578. The van der Waals surface area contributed by atoms with Gasteiger partial charge in [0, 0.05) is 12.1 Å². The maximum Gasteiger partial charge on any atom is 0.0914 e. The van der Waals surface area contributed by atoms with Crippen molar-refractivity contribution >= 4 is 5.71 Å². The molecule has 1 aliphatic rings. The largest absolute Gasteiger partial charge is 0.280 e.